The molecule has 3 N–H and O–H groups in total. The highest BCUT2D eigenvalue weighted by Gasteiger charge is 2.42. The average Bonchev–Trinajstić information content (AvgIpc) is 2.58. The zero-order chi connectivity index (χ0) is 16.3. The largest absolute Gasteiger partial charge is 0.353 e. The maximum absolute atomic E-state index is 13.3. The molecule has 1 aromatic carbocycles. The fraction of sp³-hybridized carbons (Fsp3) is 0.650. The van der Waals surface area contributed by atoms with Gasteiger partial charge < -0.3 is 11.1 Å². The topological polar surface area (TPSA) is 55.1 Å². The van der Waals surface area contributed by atoms with Crippen LogP contribution in [0.5, 0.6) is 0 Å². The maximum atomic E-state index is 13.3. The highest BCUT2D eigenvalue weighted by molar-refractivity contribution is 5.89. The van der Waals surface area contributed by atoms with Crippen molar-refractivity contribution in [3.8, 4) is 0 Å². The van der Waals surface area contributed by atoms with Crippen LogP contribution in [0.4, 0.5) is 0 Å². The molecule has 126 valence electrons. The number of nitrogens with one attached hydrogen (secondary N) is 1. The number of hydrogen-bond donors (Lipinski definition) is 2. The first kappa shape index (κ1) is 16.5. The van der Waals surface area contributed by atoms with Gasteiger partial charge in [-0.15, -0.1) is 0 Å². The second-order valence-electron chi connectivity index (χ2n) is 7.54. The fourth-order valence-corrected chi connectivity index (χ4v) is 4.47. The molecule has 2 fully saturated rings. The molecule has 1 aromatic rings. The van der Waals surface area contributed by atoms with Crippen molar-refractivity contribution in [2.45, 2.75) is 82.2 Å². The van der Waals surface area contributed by atoms with Crippen molar-refractivity contribution in [3.63, 3.8) is 0 Å². The van der Waals surface area contributed by atoms with Gasteiger partial charge in [0.25, 0.3) is 0 Å². The number of carbonyl (C=O) groups is 1. The van der Waals surface area contributed by atoms with E-state index < -0.39 is 0 Å². The first-order valence-corrected chi connectivity index (χ1v) is 9.24. The molecule has 0 spiro atoms. The smallest absolute Gasteiger partial charge is 0.230 e. The molecule has 1 amide bonds. The van der Waals surface area contributed by atoms with E-state index in [1.807, 2.05) is 0 Å². The lowest BCUT2D eigenvalue weighted by molar-refractivity contribution is -0.129. The Morgan fingerprint density at radius 2 is 1.74 bits per heavy atom. The standard InChI is InChI=1S/C20H30N2O/c1-15-7-3-4-8-18(15)20(13-5-2-6-14-20)19(23)22-17-11-9-16(21)10-12-17/h3-4,7-8,16-17H,2,5-6,9-14,21H2,1H3,(H,22,23). The van der Waals surface area contributed by atoms with Crippen LogP contribution in [-0.4, -0.2) is 18.0 Å². The van der Waals surface area contributed by atoms with Gasteiger partial charge in [0.2, 0.25) is 5.91 Å². The number of benzene rings is 1. The van der Waals surface area contributed by atoms with Crippen molar-refractivity contribution in [2.24, 2.45) is 5.73 Å². The Kier molecular flexibility index (Phi) is 5.05. The van der Waals surface area contributed by atoms with Gasteiger partial charge in [0, 0.05) is 12.1 Å². The van der Waals surface area contributed by atoms with Gasteiger partial charge in [-0.1, -0.05) is 43.5 Å². The lowest BCUT2D eigenvalue weighted by Gasteiger charge is -2.39. The van der Waals surface area contributed by atoms with E-state index in [1.165, 1.54) is 17.5 Å². The molecule has 0 unspecified atom stereocenters. The Balaban J connectivity index is 1.81. The summed E-state index contributed by atoms with van der Waals surface area (Å²) in [5, 5.41) is 3.38. The Morgan fingerprint density at radius 3 is 2.39 bits per heavy atom. The molecule has 0 saturated heterocycles. The van der Waals surface area contributed by atoms with Crippen molar-refractivity contribution in [3.05, 3.63) is 35.4 Å². The van der Waals surface area contributed by atoms with Crippen LogP contribution >= 0.6 is 0 Å². The summed E-state index contributed by atoms with van der Waals surface area (Å²) < 4.78 is 0. The number of carbonyl (C=O) groups excluding carboxylic acids is 1. The molecule has 0 radical (unpaired) electrons. The van der Waals surface area contributed by atoms with Gasteiger partial charge in [-0.2, -0.15) is 0 Å². The molecule has 3 nitrogen and oxygen atoms in total. The first-order chi connectivity index (χ1) is 11.1. The quantitative estimate of drug-likeness (QED) is 0.896. The Morgan fingerprint density at radius 1 is 1.09 bits per heavy atom. The summed E-state index contributed by atoms with van der Waals surface area (Å²) in [5.74, 6) is 0.256. The van der Waals surface area contributed by atoms with E-state index in [0.717, 1.165) is 51.4 Å². The average molecular weight is 314 g/mol. The summed E-state index contributed by atoms with van der Waals surface area (Å²) in [6.07, 6.45) is 9.62. The van der Waals surface area contributed by atoms with Crippen LogP contribution in [0.25, 0.3) is 0 Å². The van der Waals surface area contributed by atoms with Gasteiger partial charge in [-0.25, -0.2) is 0 Å². The van der Waals surface area contributed by atoms with Crippen LogP contribution in [-0.2, 0) is 10.2 Å². The number of nitrogens with two attached hydrogens (primary N) is 1. The molecule has 23 heavy (non-hydrogen) atoms. The van der Waals surface area contributed by atoms with Crippen LogP contribution < -0.4 is 11.1 Å². The van der Waals surface area contributed by atoms with Crippen molar-refractivity contribution in [2.75, 3.05) is 0 Å². The molecular formula is C20H30N2O. The van der Waals surface area contributed by atoms with Crippen molar-refractivity contribution in [1.29, 1.82) is 0 Å². The van der Waals surface area contributed by atoms with Crippen molar-refractivity contribution >= 4 is 5.91 Å². The van der Waals surface area contributed by atoms with Crippen LogP contribution in [0.15, 0.2) is 24.3 Å². The lowest BCUT2D eigenvalue weighted by Crippen LogP contribution is -2.51. The molecule has 0 bridgehead atoms. The Bertz CT molecular complexity index is 540. The lowest BCUT2D eigenvalue weighted by atomic mass is 9.67. The van der Waals surface area contributed by atoms with E-state index in [2.05, 4.69) is 36.5 Å². The van der Waals surface area contributed by atoms with Crippen LogP contribution in [0, 0.1) is 6.92 Å². The Labute approximate surface area is 140 Å². The van der Waals surface area contributed by atoms with E-state index >= 15 is 0 Å². The maximum Gasteiger partial charge on any atom is 0.230 e. The van der Waals surface area contributed by atoms with E-state index in [-0.39, 0.29) is 11.3 Å². The summed E-state index contributed by atoms with van der Waals surface area (Å²) in [6.45, 7) is 2.14. The van der Waals surface area contributed by atoms with Gasteiger partial charge >= 0.3 is 0 Å². The number of aryl methyl sites for hydroxylation is 1. The van der Waals surface area contributed by atoms with Gasteiger partial charge in [0.05, 0.1) is 5.41 Å². The van der Waals surface area contributed by atoms with E-state index in [0.29, 0.717) is 12.1 Å². The second kappa shape index (κ2) is 7.04. The molecule has 0 aliphatic heterocycles. The van der Waals surface area contributed by atoms with Gasteiger partial charge in [-0.3, -0.25) is 4.79 Å². The SMILES string of the molecule is Cc1ccccc1C1(C(=O)NC2CCC(N)CC2)CCCCC1. The van der Waals surface area contributed by atoms with Gasteiger partial charge in [-0.05, 0) is 56.6 Å². The molecule has 0 atom stereocenters. The molecule has 2 saturated carbocycles. The molecule has 3 heteroatoms. The molecule has 0 aromatic heterocycles. The summed E-state index contributed by atoms with van der Waals surface area (Å²) in [6, 6.07) is 9.07. The van der Waals surface area contributed by atoms with E-state index in [1.54, 1.807) is 0 Å². The van der Waals surface area contributed by atoms with Crippen LogP contribution in [0.1, 0.15) is 68.9 Å². The number of hydrogen-bond acceptors (Lipinski definition) is 2. The van der Waals surface area contributed by atoms with Crippen LogP contribution in [0.3, 0.4) is 0 Å². The van der Waals surface area contributed by atoms with Gasteiger partial charge in [0.1, 0.15) is 0 Å². The highest BCUT2D eigenvalue weighted by Crippen LogP contribution is 2.41. The highest BCUT2D eigenvalue weighted by atomic mass is 16.2. The second-order valence-corrected chi connectivity index (χ2v) is 7.54. The molecule has 2 aliphatic rings. The number of amides is 1. The van der Waals surface area contributed by atoms with Crippen molar-refractivity contribution in [1.82, 2.24) is 5.32 Å². The van der Waals surface area contributed by atoms with Gasteiger partial charge in [0.15, 0.2) is 0 Å². The fourth-order valence-electron chi connectivity index (χ4n) is 4.47. The monoisotopic (exact) mass is 314 g/mol. The minimum Gasteiger partial charge on any atom is -0.353 e. The van der Waals surface area contributed by atoms with Crippen LogP contribution in [0.2, 0.25) is 0 Å². The normalized spacial score (nSPS) is 27.4. The zero-order valence-electron chi connectivity index (χ0n) is 14.3. The van der Waals surface area contributed by atoms with Crippen molar-refractivity contribution < 1.29 is 4.79 Å². The zero-order valence-corrected chi connectivity index (χ0v) is 14.3. The summed E-state index contributed by atoms with van der Waals surface area (Å²) >= 11 is 0. The molecule has 0 heterocycles. The third-order valence-corrected chi connectivity index (χ3v) is 5.91. The first-order valence-electron chi connectivity index (χ1n) is 9.24. The number of rotatable bonds is 3. The summed E-state index contributed by atoms with van der Waals surface area (Å²) in [4.78, 5) is 13.3. The minimum atomic E-state index is -0.316. The third-order valence-electron chi connectivity index (χ3n) is 5.91. The molecular weight excluding hydrogens is 284 g/mol. The predicted octanol–water partition coefficient (Wildman–Crippen LogP) is 3.58. The molecule has 3 rings (SSSR count). The molecule has 2 aliphatic carbocycles. The van der Waals surface area contributed by atoms with E-state index in [9.17, 15) is 4.79 Å². The Hall–Kier alpha value is -1.35. The summed E-state index contributed by atoms with van der Waals surface area (Å²) in [5.41, 5.74) is 8.16. The predicted molar refractivity (Wildman–Crippen MR) is 94.3 cm³/mol. The minimum absolute atomic E-state index is 0.256. The van der Waals surface area contributed by atoms with E-state index in [4.69, 9.17) is 5.73 Å². The third kappa shape index (κ3) is 3.45. The summed E-state index contributed by atoms with van der Waals surface area (Å²) in [7, 11) is 0.